The summed E-state index contributed by atoms with van der Waals surface area (Å²) in [5.74, 6) is 5.81. The van der Waals surface area contributed by atoms with Crippen molar-refractivity contribution in [1.82, 2.24) is 44.9 Å². The molecule has 0 unspecified atom stereocenters. The number of rotatable bonds is 12. The van der Waals surface area contributed by atoms with Gasteiger partial charge in [0.2, 0.25) is 0 Å². The van der Waals surface area contributed by atoms with Gasteiger partial charge in [0, 0.05) is 50.1 Å². The van der Waals surface area contributed by atoms with Gasteiger partial charge in [0.05, 0.1) is 5.41 Å². The summed E-state index contributed by atoms with van der Waals surface area (Å²) >= 11 is 0. The molecule has 0 saturated heterocycles. The molecule has 21 aromatic rings. The number of nitrogens with zero attached hydrogens (tertiary/aromatic N) is 9. The van der Waals surface area contributed by atoms with Crippen LogP contribution in [0.4, 0.5) is 0 Å². The molecule has 18 aromatic carbocycles. The maximum atomic E-state index is 5.30. The minimum atomic E-state index is -0.525. The monoisotopic (exact) mass is 1520 g/mol. The molecule has 23 rings (SSSR count). The highest BCUT2D eigenvalue weighted by Crippen LogP contribution is 2.64. The lowest BCUT2D eigenvalue weighted by Crippen LogP contribution is -2.25. The number of fused-ring (bicyclic) bond motifs is 17. The van der Waals surface area contributed by atoms with Crippen molar-refractivity contribution >= 4 is 43.1 Å². The Bertz CT molecular complexity index is 7040. The molecule has 2 aliphatic rings. The first-order valence-corrected chi connectivity index (χ1v) is 40.1. The summed E-state index contributed by atoms with van der Waals surface area (Å²) in [6.45, 7) is 0. The quantitative estimate of drug-likeness (QED) is 0.110. The van der Waals surface area contributed by atoms with Crippen LogP contribution in [-0.2, 0) is 5.41 Å². The molecule has 0 atom stereocenters. The molecule has 119 heavy (non-hydrogen) atoms. The van der Waals surface area contributed by atoms with E-state index in [-0.39, 0.29) is 0 Å². The minimum absolute atomic E-state index is 0.525. The lowest BCUT2D eigenvalue weighted by Gasteiger charge is -2.30. The molecule has 9 nitrogen and oxygen atoms in total. The van der Waals surface area contributed by atoms with E-state index in [0.29, 0.717) is 52.4 Å². The van der Waals surface area contributed by atoms with Crippen LogP contribution >= 0.6 is 0 Å². The van der Waals surface area contributed by atoms with Crippen molar-refractivity contribution in [1.29, 1.82) is 0 Å². The zero-order chi connectivity index (χ0) is 78.7. The van der Waals surface area contributed by atoms with E-state index in [4.69, 9.17) is 44.9 Å². The largest absolute Gasteiger partial charge is 0.208 e. The molecule has 0 fully saturated rings. The topological polar surface area (TPSA) is 116 Å². The molecule has 3 heterocycles. The summed E-state index contributed by atoms with van der Waals surface area (Å²) < 4.78 is 0. The summed E-state index contributed by atoms with van der Waals surface area (Å²) in [7, 11) is 0. The van der Waals surface area contributed by atoms with Gasteiger partial charge in [0.25, 0.3) is 0 Å². The molecular weight excluding hydrogens is 1450 g/mol. The molecule has 0 amide bonds. The summed E-state index contributed by atoms with van der Waals surface area (Å²) in [6, 6.07) is 147. The van der Waals surface area contributed by atoms with Crippen LogP contribution in [0.15, 0.2) is 419 Å². The Morgan fingerprint density at radius 2 is 0.395 bits per heavy atom. The zero-order valence-corrected chi connectivity index (χ0v) is 64.4. The molecule has 0 radical (unpaired) electrons. The third-order valence-electron chi connectivity index (χ3n) is 23.3. The first-order chi connectivity index (χ1) is 58.9. The minimum Gasteiger partial charge on any atom is -0.208 e. The summed E-state index contributed by atoms with van der Waals surface area (Å²) in [6.07, 6.45) is 0. The van der Waals surface area contributed by atoms with Gasteiger partial charge in [-0.1, -0.05) is 394 Å². The average molecular weight is 1520 g/mol. The lowest BCUT2D eigenvalue weighted by atomic mass is 9.70. The van der Waals surface area contributed by atoms with Crippen molar-refractivity contribution in [3.05, 3.63) is 441 Å². The molecule has 0 aliphatic heterocycles. The predicted molar refractivity (Wildman–Crippen MR) is 485 cm³/mol. The summed E-state index contributed by atoms with van der Waals surface area (Å²) in [4.78, 5) is 45.0. The summed E-state index contributed by atoms with van der Waals surface area (Å²) in [5, 5.41) is 9.97. The summed E-state index contributed by atoms with van der Waals surface area (Å²) in [5.41, 5.74) is 24.9. The van der Waals surface area contributed by atoms with Crippen molar-refractivity contribution in [3.63, 3.8) is 0 Å². The van der Waals surface area contributed by atoms with E-state index < -0.39 is 5.41 Å². The average Bonchev–Trinajstić information content (AvgIpc) is 1.50. The Kier molecular flexibility index (Phi) is 17.3. The Balaban J connectivity index is 0.000000143. The highest BCUT2D eigenvalue weighted by atomic mass is 15.1. The fourth-order valence-corrected chi connectivity index (χ4v) is 17.7. The second-order valence-corrected chi connectivity index (χ2v) is 30.2. The maximum absolute atomic E-state index is 5.30. The van der Waals surface area contributed by atoms with E-state index in [2.05, 4.69) is 261 Å². The van der Waals surface area contributed by atoms with Crippen molar-refractivity contribution in [2.45, 2.75) is 5.41 Å². The van der Waals surface area contributed by atoms with Crippen molar-refractivity contribution < 1.29 is 0 Å². The molecule has 0 saturated carbocycles. The molecule has 3 aromatic heterocycles. The molecule has 1 spiro atoms. The maximum Gasteiger partial charge on any atom is 0.164 e. The Labute approximate surface area is 687 Å². The SMILES string of the molecule is c1ccc(-c2nc(-c3ccccc3)nc(-c3ccc(-c4ccc5ccc(-c6ccc(-c7nc(-c8ccccc8)nc(-c8ccccc8)n7)cc6)cc5c4)cc3)n2)cc1.c1ccc(-c2nc(-c3ccccc3)nc(-c3cccc4c3-c3cc(-c5ccc6c7ccccc7c7ccccc7c6c5)ccc3C43c4ccccc4-c4ccccc43)n2)cc1. The fraction of sp³-hybridized carbons (Fsp3) is 0.00909. The van der Waals surface area contributed by atoms with Gasteiger partial charge < -0.3 is 0 Å². The molecular formula is C110H69N9. The van der Waals surface area contributed by atoms with Crippen LogP contribution < -0.4 is 0 Å². The zero-order valence-electron chi connectivity index (χ0n) is 64.4. The van der Waals surface area contributed by atoms with Crippen LogP contribution in [0, 0.1) is 0 Å². The van der Waals surface area contributed by atoms with Crippen LogP contribution in [-0.4, -0.2) is 44.9 Å². The van der Waals surface area contributed by atoms with Gasteiger partial charge in [-0.3, -0.25) is 0 Å². The van der Waals surface area contributed by atoms with Crippen LogP contribution in [0.25, 0.3) is 201 Å². The van der Waals surface area contributed by atoms with Crippen LogP contribution in [0.3, 0.4) is 0 Å². The first kappa shape index (κ1) is 69.7. The van der Waals surface area contributed by atoms with Crippen molar-refractivity contribution in [3.8, 4) is 158 Å². The standard InChI is InChI=1S/C58H35N3.C52H34N6/c1-3-16-36(17-4-1)55-59-56(37-18-5-2-6-19-37)61-57(60-55)47-26-15-29-53-54(47)49-35-39(31-33-52(49)58(53)50-27-13-11-24-45(50)46-25-12-14-28-51(46)58)38-30-32-44-42-22-8-7-20-40(42)41-21-9-10-23-43(41)48(44)34-38;1-5-13-38(14-6-1)47-53-48(39-15-7-2-8-16-39)56-51(55-47)42-27-21-35(22-28-42)44-31-25-37-26-32-45(34-46(37)33-44)36-23-29-43(30-24-36)52-57-49(40-17-9-3-10-18-40)54-50(58-52)41-19-11-4-12-20-41/h1-35H;1-34H. The van der Waals surface area contributed by atoms with E-state index in [1.165, 1.54) is 87.8 Å². The third-order valence-corrected chi connectivity index (χ3v) is 23.3. The van der Waals surface area contributed by atoms with Gasteiger partial charge in [-0.2, -0.15) is 0 Å². The van der Waals surface area contributed by atoms with Crippen molar-refractivity contribution in [2.75, 3.05) is 0 Å². The smallest absolute Gasteiger partial charge is 0.164 e. The van der Waals surface area contributed by atoms with Crippen LogP contribution in [0.5, 0.6) is 0 Å². The van der Waals surface area contributed by atoms with E-state index in [1.54, 1.807) is 0 Å². The van der Waals surface area contributed by atoms with E-state index >= 15 is 0 Å². The van der Waals surface area contributed by atoms with Gasteiger partial charge in [-0.25, -0.2) is 44.9 Å². The van der Waals surface area contributed by atoms with E-state index in [0.717, 1.165) is 83.3 Å². The molecule has 2 aliphatic carbocycles. The van der Waals surface area contributed by atoms with Gasteiger partial charge in [-0.15, -0.1) is 0 Å². The first-order valence-electron chi connectivity index (χ1n) is 40.1. The number of hydrogen-bond donors (Lipinski definition) is 0. The third kappa shape index (κ3) is 12.5. The molecule has 554 valence electrons. The van der Waals surface area contributed by atoms with Crippen LogP contribution in [0.2, 0.25) is 0 Å². The molecule has 9 heteroatoms. The van der Waals surface area contributed by atoms with Gasteiger partial charge in [0.15, 0.2) is 52.4 Å². The fourth-order valence-electron chi connectivity index (χ4n) is 17.7. The number of benzene rings is 18. The van der Waals surface area contributed by atoms with Crippen LogP contribution in [0.1, 0.15) is 22.3 Å². The van der Waals surface area contributed by atoms with E-state index in [1.807, 2.05) is 158 Å². The number of hydrogen-bond acceptors (Lipinski definition) is 9. The second kappa shape index (κ2) is 29.5. The predicted octanol–water partition coefficient (Wildman–Crippen LogP) is 26.9. The van der Waals surface area contributed by atoms with Gasteiger partial charge in [-0.05, 0) is 145 Å². The molecule has 0 N–H and O–H groups in total. The highest BCUT2D eigenvalue weighted by molar-refractivity contribution is 6.26. The molecule has 0 bridgehead atoms. The lowest BCUT2D eigenvalue weighted by molar-refractivity contribution is 0.794. The van der Waals surface area contributed by atoms with Gasteiger partial charge in [0.1, 0.15) is 0 Å². The Hall–Kier alpha value is -16.0. The number of aromatic nitrogens is 9. The van der Waals surface area contributed by atoms with Gasteiger partial charge >= 0.3 is 0 Å². The van der Waals surface area contributed by atoms with E-state index in [9.17, 15) is 0 Å². The van der Waals surface area contributed by atoms with Crippen molar-refractivity contribution in [2.24, 2.45) is 0 Å². The Morgan fingerprint density at radius 3 is 0.790 bits per heavy atom. The highest BCUT2D eigenvalue weighted by Gasteiger charge is 2.52. The Morgan fingerprint density at radius 1 is 0.134 bits per heavy atom. The second-order valence-electron chi connectivity index (χ2n) is 30.2. The normalized spacial score (nSPS) is 12.1.